The fraction of sp³-hybridized carbons (Fsp3) is 0. The van der Waals surface area contributed by atoms with Crippen LogP contribution in [0.4, 0.5) is 5.69 Å². The van der Waals surface area contributed by atoms with Gasteiger partial charge in [-0.25, -0.2) is 0 Å². The SMILES string of the molecule is [Cl][W]=[N]c1ccccc1. The number of nitrogens with zero attached hydrogens (tertiary/aromatic N) is 1. The molecule has 3 heteroatoms. The maximum atomic E-state index is 5.54. The van der Waals surface area contributed by atoms with Crippen molar-refractivity contribution < 1.29 is 17.3 Å². The molecule has 0 aliphatic rings. The van der Waals surface area contributed by atoms with Gasteiger partial charge in [0.1, 0.15) is 0 Å². The molecule has 0 aromatic heterocycles. The van der Waals surface area contributed by atoms with Gasteiger partial charge in [0.25, 0.3) is 0 Å². The van der Waals surface area contributed by atoms with Crippen LogP contribution in [0.5, 0.6) is 0 Å². The van der Waals surface area contributed by atoms with Crippen molar-refractivity contribution in [1.82, 2.24) is 0 Å². The molecule has 0 atom stereocenters. The second kappa shape index (κ2) is 3.92. The maximum absolute atomic E-state index is 5.54. The van der Waals surface area contributed by atoms with Gasteiger partial charge >= 0.3 is 66.3 Å². The molecule has 0 saturated heterocycles. The normalized spacial score (nSPS) is 10.3. The Morgan fingerprint density at radius 1 is 1.22 bits per heavy atom. The summed E-state index contributed by atoms with van der Waals surface area (Å²) in [6.45, 7) is 0. The summed E-state index contributed by atoms with van der Waals surface area (Å²) < 4.78 is 4.14. The number of hydrogen-bond donors (Lipinski definition) is 0. The van der Waals surface area contributed by atoms with Crippen molar-refractivity contribution in [2.75, 3.05) is 0 Å². The van der Waals surface area contributed by atoms with Crippen molar-refractivity contribution in [3.63, 3.8) is 0 Å². The molecule has 1 rings (SSSR count). The third kappa shape index (κ3) is 2.38. The topological polar surface area (TPSA) is 12.4 Å². The van der Waals surface area contributed by atoms with Crippen LogP contribution >= 0.6 is 9.42 Å². The number of hydrogen-bond acceptors (Lipinski definition) is 1. The van der Waals surface area contributed by atoms with E-state index < -0.39 is 17.3 Å². The molecule has 0 aliphatic heterocycles. The summed E-state index contributed by atoms with van der Waals surface area (Å²) in [5, 5.41) is 0. The Morgan fingerprint density at radius 3 is 2.44 bits per heavy atom. The van der Waals surface area contributed by atoms with Crippen LogP contribution in [-0.2, 0) is 17.3 Å². The first-order valence-electron chi connectivity index (χ1n) is 2.47. The van der Waals surface area contributed by atoms with Crippen molar-refractivity contribution in [3.05, 3.63) is 30.3 Å². The van der Waals surface area contributed by atoms with Gasteiger partial charge in [-0.2, -0.15) is 0 Å². The minimum absolute atomic E-state index is 0.892. The molecule has 0 unspecified atom stereocenters. The molecule has 0 aliphatic carbocycles. The van der Waals surface area contributed by atoms with Crippen molar-refractivity contribution in [1.29, 1.82) is 0 Å². The van der Waals surface area contributed by atoms with Crippen LogP contribution in [0.25, 0.3) is 0 Å². The molecule has 47 valence electrons. The molecule has 1 aromatic carbocycles. The van der Waals surface area contributed by atoms with Crippen LogP contribution in [0.15, 0.2) is 33.8 Å². The second-order valence-corrected chi connectivity index (χ2v) is 3.78. The summed E-state index contributed by atoms with van der Waals surface area (Å²) in [4.78, 5) is 0. The molecule has 0 radical (unpaired) electrons. The fourth-order valence-corrected chi connectivity index (χ4v) is 1.90. The predicted octanol–water partition coefficient (Wildman–Crippen LogP) is 2.74. The Bertz CT molecular complexity index is 197. The standard InChI is InChI=1S/C6H5N.ClH.W/c7-6-4-2-1-3-5-6;;/h1-5H;1H;/q;;+1/p-1. The van der Waals surface area contributed by atoms with Crippen LogP contribution < -0.4 is 0 Å². The van der Waals surface area contributed by atoms with E-state index in [-0.39, 0.29) is 0 Å². The van der Waals surface area contributed by atoms with Crippen LogP contribution in [0.3, 0.4) is 0 Å². The summed E-state index contributed by atoms with van der Waals surface area (Å²) in [6.07, 6.45) is 0. The molecule has 0 N–H and O–H groups in total. The molecule has 0 bridgehead atoms. The van der Waals surface area contributed by atoms with Gasteiger partial charge in [-0.05, 0) is 0 Å². The first-order chi connectivity index (χ1) is 4.43. The molecule has 0 saturated carbocycles. The van der Waals surface area contributed by atoms with Crippen LogP contribution in [0.1, 0.15) is 0 Å². The van der Waals surface area contributed by atoms with E-state index in [1.165, 1.54) is 0 Å². The van der Waals surface area contributed by atoms with E-state index in [2.05, 4.69) is 3.50 Å². The zero-order valence-electron chi connectivity index (χ0n) is 4.62. The van der Waals surface area contributed by atoms with Crippen molar-refractivity contribution in [2.24, 2.45) is 3.50 Å². The van der Waals surface area contributed by atoms with Crippen molar-refractivity contribution in [3.8, 4) is 0 Å². The van der Waals surface area contributed by atoms with Crippen molar-refractivity contribution in [2.45, 2.75) is 0 Å². The average Bonchev–Trinajstić information content (AvgIpc) is 1.91. The molecule has 0 amide bonds. The Kier molecular flexibility index (Phi) is 3.10. The van der Waals surface area contributed by atoms with E-state index >= 15 is 0 Å². The van der Waals surface area contributed by atoms with Crippen LogP contribution in [0, 0.1) is 0 Å². The van der Waals surface area contributed by atoms with Crippen LogP contribution in [-0.4, -0.2) is 0 Å². The first kappa shape index (κ1) is 7.11. The molecular weight excluding hydrogens is 305 g/mol. The average molecular weight is 310 g/mol. The zero-order chi connectivity index (χ0) is 6.53. The molecule has 9 heavy (non-hydrogen) atoms. The molecule has 1 aromatic rings. The van der Waals surface area contributed by atoms with Crippen LogP contribution in [0.2, 0.25) is 0 Å². The van der Waals surface area contributed by atoms with Gasteiger partial charge in [-0.15, -0.1) is 0 Å². The molecule has 0 fully saturated rings. The summed E-state index contributed by atoms with van der Waals surface area (Å²) in [5.74, 6) is 0. The summed E-state index contributed by atoms with van der Waals surface area (Å²) >= 11 is -0.892. The molecule has 0 heterocycles. The second-order valence-electron chi connectivity index (χ2n) is 1.50. The van der Waals surface area contributed by atoms with Gasteiger partial charge in [0.2, 0.25) is 0 Å². The van der Waals surface area contributed by atoms with E-state index in [0.29, 0.717) is 0 Å². The van der Waals surface area contributed by atoms with E-state index in [1.807, 2.05) is 30.3 Å². The third-order valence-electron chi connectivity index (χ3n) is 0.896. The summed E-state index contributed by atoms with van der Waals surface area (Å²) in [7, 11) is 5.54. The van der Waals surface area contributed by atoms with E-state index in [0.717, 1.165) is 5.69 Å². The number of benzene rings is 1. The Balaban J connectivity index is 2.85. The number of halogens is 1. The monoisotopic (exact) mass is 310 g/mol. The Morgan fingerprint density at radius 2 is 1.89 bits per heavy atom. The van der Waals surface area contributed by atoms with Gasteiger partial charge in [-0.3, -0.25) is 0 Å². The van der Waals surface area contributed by atoms with Gasteiger partial charge < -0.3 is 0 Å². The first-order valence-corrected chi connectivity index (χ1v) is 7.42. The fourth-order valence-electron chi connectivity index (χ4n) is 0.529. The third-order valence-corrected chi connectivity index (χ3v) is 2.47. The minimum atomic E-state index is -0.892. The Hall–Kier alpha value is -0.00169. The quantitative estimate of drug-likeness (QED) is 0.756. The molecular formula is C6H5ClNW. The van der Waals surface area contributed by atoms with Gasteiger partial charge in [0, 0.05) is 0 Å². The Labute approximate surface area is 66.4 Å². The number of rotatable bonds is 1. The van der Waals surface area contributed by atoms with Crippen molar-refractivity contribution >= 4 is 15.1 Å². The van der Waals surface area contributed by atoms with E-state index in [9.17, 15) is 0 Å². The predicted molar refractivity (Wildman–Crippen MR) is 34.4 cm³/mol. The van der Waals surface area contributed by atoms with E-state index in [4.69, 9.17) is 9.42 Å². The molecule has 1 nitrogen and oxygen atoms in total. The summed E-state index contributed by atoms with van der Waals surface area (Å²) in [6, 6.07) is 9.82. The van der Waals surface area contributed by atoms with E-state index in [1.54, 1.807) is 0 Å². The van der Waals surface area contributed by atoms with Gasteiger partial charge in [0.05, 0.1) is 0 Å². The van der Waals surface area contributed by atoms with Gasteiger partial charge in [-0.1, -0.05) is 0 Å². The summed E-state index contributed by atoms with van der Waals surface area (Å²) in [5.41, 5.74) is 1.01. The van der Waals surface area contributed by atoms with Gasteiger partial charge in [0.15, 0.2) is 0 Å². The zero-order valence-corrected chi connectivity index (χ0v) is 8.31. The molecule has 0 spiro atoms.